The molecule has 0 aromatic rings. The monoisotopic (exact) mass is 191 g/mol. The van der Waals surface area contributed by atoms with Gasteiger partial charge in [-0.1, -0.05) is 0 Å². The van der Waals surface area contributed by atoms with Gasteiger partial charge in [-0.25, -0.2) is 0 Å². The second-order valence-corrected chi connectivity index (χ2v) is 1.56. The summed E-state index contributed by atoms with van der Waals surface area (Å²) in [5.74, 6) is -0.537. The molecule has 14 N–H and O–H groups in total. The van der Waals surface area contributed by atoms with Crippen molar-refractivity contribution in [3.05, 3.63) is 0 Å². The van der Waals surface area contributed by atoms with E-state index in [-0.39, 0.29) is 17.9 Å². The maximum Gasteiger partial charge on any atom is 0.185 e. The Morgan fingerprint density at radius 1 is 0.846 bits per heavy atom. The van der Waals surface area contributed by atoms with Crippen LogP contribution in [-0.4, -0.2) is 24.9 Å². The molecule has 0 aliphatic rings. The third-order valence-corrected chi connectivity index (χ3v) is 0.258. The number of guanidine groups is 3. The van der Waals surface area contributed by atoms with Crippen LogP contribution in [0.25, 0.3) is 0 Å². The highest BCUT2D eigenvalue weighted by molar-refractivity contribution is 5.75. The number of nitrogens with two attached hydrogens (primary N) is 6. The standard InChI is InChI=1S/C2H7N3.2CH5N3/c1-5-2(3)4;2*2-1(3)4/h1H3,(H4,3,4,5);2*(H5,2,3,4). The van der Waals surface area contributed by atoms with Gasteiger partial charge < -0.3 is 34.4 Å². The predicted molar refractivity (Wildman–Crippen MR) is 53.9 cm³/mol. The summed E-state index contributed by atoms with van der Waals surface area (Å²) in [5.41, 5.74) is 27.5. The minimum Gasteiger partial charge on any atom is -0.370 e. The number of hydrogen-bond donors (Lipinski definition) is 8. The van der Waals surface area contributed by atoms with Crippen LogP contribution >= 0.6 is 0 Å². The first-order chi connectivity index (χ1) is 5.73. The van der Waals surface area contributed by atoms with Crippen LogP contribution in [-0.2, 0) is 0 Å². The van der Waals surface area contributed by atoms with Crippen LogP contribution in [0.15, 0.2) is 4.99 Å². The third kappa shape index (κ3) is 16600. The van der Waals surface area contributed by atoms with E-state index in [9.17, 15) is 0 Å². The normalized spacial score (nSPS) is 6.23. The summed E-state index contributed by atoms with van der Waals surface area (Å²) in [6.07, 6.45) is 0. The first-order valence-corrected chi connectivity index (χ1v) is 2.90. The Bertz CT molecular complexity index is 146. The summed E-state index contributed by atoms with van der Waals surface area (Å²) in [6, 6.07) is 0. The quantitative estimate of drug-likeness (QED) is 0.144. The second kappa shape index (κ2) is 12.5. The van der Waals surface area contributed by atoms with Crippen molar-refractivity contribution in [1.82, 2.24) is 0 Å². The molecule has 0 unspecified atom stereocenters. The lowest BCUT2D eigenvalue weighted by Gasteiger charge is -1.77. The van der Waals surface area contributed by atoms with Crippen molar-refractivity contribution in [2.75, 3.05) is 7.05 Å². The average molecular weight is 191 g/mol. The Labute approximate surface area is 76.2 Å². The second-order valence-electron chi connectivity index (χ2n) is 1.56. The molecule has 0 aromatic heterocycles. The fraction of sp³-hybridized carbons (Fsp3) is 0.250. The molecular formula is C4H17N9. The van der Waals surface area contributed by atoms with Crippen molar-refractivity contribution >= 4 is 17.9 Å². The molecule has 0 saturated carbocycles. The van der Waals surface area contributed by atoms with E-state index in [1.807, 2.05) is 0 Å². The molecular weight excluding hydrogens is 174 g/mol. The van der Waals surface area contributed by atoms with Gasteiger partial charge in [0.15, 0.2) is 17.9 Å². The van der Waals surface area contributed by atoms with Gasteiger partial charge >= 0.3 is 0 Å². The summed E-state index contributed by atoms with van der Waals surface area (Å²) in [7, 11) is 1.54. The fourth-order valence-electron chi connectivity index (χ4n) is 0. The van der Waals surface area contributed by atoms with Crippen molar-refractivity contribution in [1.29, 1.82) is 10.8 Å². The Kier molecular flexibility index (Phi) is 16.4. The molecule has 9 nitrogen and oxygen atoms in total. The van der Waals surface area contributed by atoms with Crippen molar-refractivity contribution in [3.63, 3.8) is 0 Å². The summed E-state index contributed by atoms with van der Waals surface area (Å²) < 4.78 is 0. The van der Waals surface area contributed by atoms with Gasteiger partial charge in [0.2, 0.25) is 0 Å². The van der Waals surface area contributed by atoms with Gasteiger partial charge in [-0.15, -0.1) is 0 Å². The van der Waals surface area contributed by atoms with Gasteiger partial charge in [0.1, 0.15) is 0 Å². The van der Waals surface area contributed by atoms with E-state index in [1.54, 1.807) is 0 Å². The van der Waals surface area contributed by atoms with E-state index in [1.165, 1.54) is 7.05 Å². The minimum absolute atomic E-state index is 0.130. The molecule has 0 aromatic carbocycles. The highest BCUT2D eigenvalue weighted by atomic mass is 15.0. The van der Waals surface area contributed by atoms with Crippen molar-refractivity contribution in [2.45, 2.75) is 0 Å². The highest BCUT2D eigenvalue weighted by Gasteiger charge is 1.61. The number of nitrogens with one attached hydrogen (secondary N) is 2. The zero-order valence-electron chi connectivity index (χ0n) is 7.41. The van der Waals surface area contributed by atoms with Gasteiger partial charge in [0.25, 0.3) is 0 Å². The molecule has 0 bridgehead atoms. The topological polar surface area (TPSA) is 216 Å². The fourth-order valence-corrected chi connectivity index (χ4v) is 0. The molecule has 0 heterocycles. The molecule has 78 valence electrons. The largest absolute Gasteiger partial charge is 0.370 e. The van der Waals surface area contributed by atoms with E-state index in [2.05, 4.69) is 27.9 Å². The number of hydrogen-bond acceptors (Lipinski definition) is 3. The average Bonchev–Trinajstić information content (AvgIpc) is 1.84. The lowest BCUT2D eigenvalue weighted by atomic mass is 11.1. The Morgan fingerprint density at radius 3 is 0.923 bits per heavy atom. The Morgan fingerprint density at radius 2 is 0.923 bits per heavy atom. The number of nitrogens with zero attached hydrogens (tertiary/aromatic N) is 1. The first-order valence-electron chi connectivity index (χ1n) is 2.90. The Hall–Kier alpha value is -2.19. The van der Waals surface area contributed by atoms with Gasteiger partial charge in [-0.05, 0) is 0 Å². The van der Waals surface area contributed by atoms with Crippen LogP contribution in [0.3, 0.4) is 0 Å². The van der Waals surface area contributed by atoms with E-state index < -0.39 is 0 Å². The zero-order chi connectivity index (χ0) is 11.4. The molecule has 0 aliphatic carbocycles. The van der Waals surface area contributed by atoms with Gasteiger partial charge in [-0.3, -0.25) is 15.8 Å². The summed E-state index contributed by atoms with van der Waals surface area (Å²) in [5, 5.41) is 12.1. The maximum absolute atomic E-state index is 6.06. The molecule has 0 saturated heterocycles. The highest BCUT2D eigenvalue weighted by Crippen LogP contribution is 1.40. The van der Waals surface area contributed by atoms with Crippen LogP contribution in [0.4, 0.5) is 0 Å². The summed E-state index contributed by atoms with van der Waals surface area (Å²) >= 11 is 0. The number of rotatable bonds is 0. The Balaban J connectivity index is -0.000000117. The van der Waals surface area contributed by atoms with E-state index in [0.717, 1.165) is 0 Å². The van der Waals surface area contributed by atoms with Crippen molar-refractivity contribution in [3.8, 4) is 0 Å². The molecule has 13 heavy (non-hydrogen) atoms. The maximum atomic E-state index is 6.06. The van der Waals surface area contributed by atoms with E-state index >= 15 is 0 Å². The molecule has 0 radical (unpaired) electrons. The number of aliphatic imine (C=N–C) groups is 1. The van der Waals surface area contributed by atoms with Gasteiger partial charge in [0.05, 0.1) is 0 Å². The molecule has 0 aliphatic heterocycles. The van der Waals surface area contributed by atoms with Crippen molar-refractivity contribution in [2.24, 2.45) is 39.4 Å². The van der Waals surface area contributed by atoms with Crippen LogP contribution in [0.1, 0.15) is 0 Å². The molecule has 0 spiro atoms. The van der Waals surface area contributed by atoms with Crippen LogP contribution in [0.5, 0.6) is 0 Å². The van der Waals surface area contributed by atoms with Crippen molar-refractivity contribution < 1.29 is 0 Å². The van der Waals surface area contributed by atoms with Gasteiger partial charge in [0, 0.05) is 7.05 Å². The predicted octanol–water partition coefficient (Wildman–Crippen LogP) is -3.43. The van der Waals surface area contributed by atoms with Crippen LogP contribution in [0, 0.1) is 10.8 Å². The lowest BCUT2D eigenvalue weighted by Crippen LogP contribution is -2.21. The molecule has 0 amide bonds. The lowest BCUT2D eigenvalue weighted by molar-refractivity contribution is 1.36. The van der Waals surface area contributed by atoms with E-state index in [4.69, 9.17) is 22.3 Å². The third-order valence-electron chi connectivity index (χ3n) is 0.258. The summed E-state index contributed by atoms with van der Waals surface area (Å²) in [4.78, 5) is 3.36. The smallest absolute Gasteiger partial charge is 0.185 e. The van der Waals surface area contributed by atoms with E-state index in [0.29, 0.717) is 0 Å². The molecule has 0 fully saturated rings. The first kappa shape index (κ1) is 17.1. The molecule has 0 rings (SSSR count). The van der Waals surface area contributed by atoms with Crippen LogP contribution < -0.4 is 34.4 Å². The van der Waals surface area contributed by atoms with Crippen LogP contribution in [0.2, 0.25) is 0 Å². The van der Waals surface area contributed by atoms with Gasteiger partial charge in [-0.2, -0.15) is 0 Å². The SMILES string of the molecule is CN=C(N)N.N=C(N)N.N=C(N)N. The molecule has 9 heteroatoms. The molecule has 0 atom stereocenters. The zero-order valence-corrected chi connectivity index (χ0v) is 7.41. The minimum atomic E-state index is -0.333. The summed E-state index contributed by atoms with van der Waals surface area (Å²) in [6.45, 7) is 0.